The summed E-state index contributed by atoms with van der Waals surface area (Å²) in [6.07, 6.45) is 1.24. The number of nitrogens with one attached hydrogen (secondary N) is 1. The van der Waals surface area contributed by atoms with E-state index in [1.54, 1.807) is 6.92 Å². The van der Waals surface area contributed by atoms with Crippen LogP contribution in [-0.2, 0) is 26.2 Å². The Balaban J connectivity index is 2.48. The Hall–Kier alpha value is -2.36. The molecular formula is C24H30Cl2FN3O4S. The minimum Gasteiger partial charge on any atom is -0.350 e. The molecule has 0 saturated heterocycles. The summed E-state index contributed by atoms with van der Waals surface area (Å²) in [5.74, 6) is -1.44. The Morgan fingerprint density at radius 3 is 2.06 bits per heavy atom. The number of hydrogen-bond donors (Lipinski definition) is 1. The van der Waals surface area contributed by atoms with Gasteiger partial charge in [-0.25, -0.2) is 12.8 Å². The van der Waals surface area contributed by atoms with E-state index in [2.05, 4.69) is 5.32 Å². The number of hydrogen-bond acceptors (Lipinski definition) is 4. The molecule has 0 aliphatic heterocycles. The Kier molecular flexibility index (Phi) is 9.56. The van der Waals surface area contributed by atoms with Gasteiger partial charge in [0.25, 0.3) is 0 Å². The molecule has 0 fully saturated rings. The zero-order valence-corrected chi connectivity index (χ0v) is 22.6. The van der Waals surface area contributed by atoms with Crippen LogP contribution in [0.15, 0.2) is 42.5 Å². The predicted molar refractivity (Wildman–Crippen MR) is 138 cm³/mol. The van der Waals surface area contributed by atoms with Gasteiger partial charge in [-0.2, -0.15) is 0 Å². The van der Waals surface area contributed by atoms with Gasteiger partial charge in [0.15, 0.2) is 0 Å². The summed E-state index contributed by atoms with van der Waals surface area (Å²) in [5.41, 5.74) is 0.150. The Bertz CT molecular complexity index is 1150. The zero-order chi connectivity index (χ0) is 26.6. The van der Waals surface area contributed by atoms with Crippen LogP contribution in [0.3, 0.4) is 0 Å². The quantitative estimate of drug-likeness (QED) is 0.498. The maximum absolute atomic E-state index is 13.6. The number of halogens is 3. The molecule has 0 unspecified atom stereocenters. The minimum absolute atomic E-state index is 0.0247. The molecule has 7 nitrogen and oxygen atoms in total. The second-order valence-corrected chi connectivity index (χ2v) is 12.0. The molecule has 0 aromatic heterocycles. The molecule has 11 heteroatoms. The van der Waals surface area contributed by atoms with Crippen LogP contribution >= 0.6 is 23.2 Å². The lowest BCUT2D eigenvalue weighted by molar-refractivity contribution is -0.141. The van der Waals surface area contributed by atoms with Gasteiger partial charge in [0, 0.05) is 22.1 Å². The third-order valence-electron chi connectivity index (χ3n) is 4.96. The summed E-state index contributed by atoms with van der Waals surface area (Å²) in [6.45, 7) is 6.59. The molecule has 0 spiro atoms. The molecule has 0 radical (unpaired) electrons. The highest BCUT2D eigenvalue weighted by atomic mass is 35.5. The smallest absolute Gasteiger partial charge is 0.244 e. The third kappa shape index (κ3) is 8.66. The molecule has 0 aliphatic rings. The minimum atomic E-state index is -3.92. The number of carbonyl (C=O) groups is 2. The molecule has 192 valence electrons. The normalized spacial score (nSPS) is 12.7. The molecule has 1 N–H and O–H groups in total. The molecule has 2 rings (SSSR count). The van der Waals surface area contributed by atoms with E-state index in [0.717, 1.165) is 10.6 Å². The monoisotopic (exact) mass is 545 g/mol. The molecule has 35 heavy (non-hydrogen) atoms. The SMILES string of the molecule is CC[C@H](C(=O)NC(C)(C)C)N(Cc1ccc(F)cc1)C(=O)CN(c1cc(Cl)cc(Cl)c1)S(C)(=O)=O. The zero-order valence-electron chi connectivity index (χ0n) is 20.3. The first-order valence-electron chi connectivity index (χ1n) is 10.9. The number of anilines is 1. The highest BCUT2D eigenvalue weighted by molar-refractivity contribution is 7.92. The van der Waals surface area contributed by atoms with Gasteiger partial charge in [-0.3, -0.25) is 13.9 Å². The maximum Gasteiger partial charge on any atom is 0.244 e. The topological polar surface area (TPSA) is 86.8 Å². The van der Waals surface area contributed by atoms with Gasteiger partial charge in [-0.15, -0.1) is 0 Å². The highest BCUT2D eigenvalue weighted by Gasteiger charge is 2.33. The summed E-state index contributed by atoms with van der Waals surface area (Å²) in [4.78, 5) is 28.0. The number of rotatable bonds is 9. The van der Waals surface area contributed by atoms with Gasteiger partial charge >= 0.3 is 0 Å². The predicted octanol–water partition coefficient (Wildman–Crippen LogP) is 4.62. The average Bonchev–Trinajstić information content (AvgIpc) is 2.70. The first kappa shape index (κ1) is 28.9. The summed E-state index contributed by atoms with van der Waals surface area (Å²) in [7, 11) is -3.92. The van der Waals surface area contributed by atoms with Crippen molar-refractivity contribution in [2.24, 2.45) is 0 Å². The number of amides is 2. The molecule has 2 aromatic carbocycles. The van der Waals surface area contributed by atoms with Crippen LogP contribution in [0.4, 0.5) is 10.1 Å². The summed E-state index contributed by atoms with van der Waals surface area (Å²) in [5, 5.41) is 3.27. The first-order chi connectivity index (χ1) is 16.1. The molecular weight excluding hydrogens is 516 g/mol. The van der Waals surface area contributed by atoms with Crippen molar-refractivity contribution in [2.75, 3.05) is 17.1 Å². The summed E-state index contributed by atoms with van der Waals surface area (Å²) in [6, 6.07) is 8.85. The number of carbonyl (C=O) groups excluding carboxylic acids is 2. The second kappa shape index (κ2) is 11.6. The Labute approximate surface area is 216 Å². The van der Waals surface area contributed by atoms with Crippen LogP contribution in [0.1, 0.15) is 39.7 Å². The van der Waals surface area contributed by atoms with E-state index >= 15 is 0 Å². The van der Waals surface area contributed by atoms with Gasteiger partial charge in [-0.05, 0) is 63.1 Å². The van der Waals surface area contributed by atoms with Crippen LogP contribution in [0.5, 0.6) is 0 Å². The van der Waals surface area contributed by atoms with E-state index in [9.17, 15) is 22.4 Å². The number of benzene rings is 2. The Morgan fingerprint density at radius 2 is 1.60 bits per heavy atom. The van der Waals surface area contributed by atoms with E-state index < -0.39 is 39.9 Å². The van der Waals surface area contributed by atoms with Crippen molar-refractivity contribution in [2.45, 2.75) is 52.2 Å². The third-order valence-corrected chi connectivity index (χ3v) is 6.54. The molecule has 0 saturated carbocycles. The largest absolute Gasteiger partial charge is 0.350 e. The lowest BCUT2D eigenvalue weighted by Gasteiger charge is -2.34. The van der Waals surface area contributed by atoms with Gasteiger partial charge < -0.3 is 10.2 Å². The molecule has 0 aliphatic carbocycles. The average molecular weight is 546 g/mol. The molecule has 2 aromatic rings. The van der Waals surface area contributed by atoms with Crippen LogP contribution in [-0.4, -0.2) is 49.5 Å². The maximum atomic E-state index is 13.6. The standard InChI is InChI=1S/C24H30Cl2FN3O4S/c1-6-21(23(32)28-24(2,3)4)29(14-16-7-9-19(27)10-8-16)22(31)15-30(35(5,33)34)20-12-17(25)11-18(26)13-20/h7-13,21H,6,14-15H2,1-5H3,(H,28,32)/t21-/m1/s1. The van der Waals surface area contributed by atoms with Crippen LogP contribution in [0, 0.1) is 5.82 Å². The van der Waals surface area contributed by atoms with Crippen molar-refractivity contribution in [3.8, 4) is 0 Å². The van der Waals surface area contributed by atoms with Gasteiger partial charge in [0.1, 0.15) is 18.4 Å². The van der Waals surface area contributed by atoms with Gasteiger partial charge in [0.05, 0.1) is 11.9 Å². The van der Waals surface area contributed by atoms with Crippen molar-refractivity contribution < 1.29 is 22.4 Å². The summed E-state index contributed by atoms with van der Waals surface area (Å²) < 4.78 is 39.6. The Morgan fingerprint density at radius 1 is 1.06 bits per heavy atom. The molecule has 0 bridgehead atoms. The van der Waals surface area contributed by atoms with Crippen molar-refractivity contribution >= 4 is 50.7 Å². The van der Waals surface area contributed by atoms with Crippen LogP contribution < -0.4 is 9.62 Å². The van der Waals surface area contributed by atoms with Crippen LogP contribution in [0.25, 0.3) is 0 Å². The lowest BCUT2D eigenvalue weighted by atomic mass is 10.1. The highest BCUT2D eigenvalue weighted by Crippen LogP contribution is 2.27. The molecule has 1 atom stereocenters. The van der Waals surface area contributed by atoms with E-state index in [1.807, 2.05) is 20.8 Å². The van der Waals surface area contributed by atoms with Crippen molar-refractivity contribution in [3.63, 3.8) is 0 Å². The number of nitrogens with zero attached hydrogens (tertiary/aromatic N) is 2. The summed E-state index contributed by atoms with van der Waals surface area (Å²) >= 11 is 12.1. The fourth-order valence-electron chi connectivity index (χ4n) is 3.46. The number of sulfonamides is 1. The van der Waals surface area contributed by atoms with Crippen molar-refractivity contribution in [1.82, 2.24) is 10.2 Å². The second-order valence-electron chi connectivity index (χ2n) is 9.21. The van der Waals surface area contributed by atoms with E-state index in [0.29, 0.717) is 5.56 Å². The fourth-order valence-corrected chi connectivity index (χ4v) is 4.80. The van der Waals surface area contributed by atoms with E-state index in [1.165, 1.54) is 47.4 Å². The first-order valence-corrected chi connectivity index (χ1v) is 13.5. The lowest BCUT2D eigenvalue weighted by Crippen LogP contribution is -2.55. The van der Waals surface area contributed by atoms with Crippen LogP contribution in [0.2, 0.25) is 10.0 Å². The molecule has 2 amide bonds. The van der Waals surface area contributed by atoms with E-state index in [4.69, 9.17) is 23.2 Å². The van der Waals surface area contributed by atoms with Gasteiger partial charge in [-0.1, -0.05) is 42.3 Å². The van der Waals surface area contributed by atoms with Crippen molar-refractivity contribution in [1.29, 1.82) is 0 Å². The van der Waals surface area contributed by atoms with Gasteiger partial charge in [0.2, 0.25) is 21.8 Å². The molecule has 0 heterocycles. The fraction of sp³-hybridized carbons (Fsp3) is 0.417. The van der Waals surface area contributed by atoms with Crippen molar-refractivity contribution in [3.05, 3.63) is 63.9 Å². The van der Waals surface area contributed by atoms with E-state index in [-0.39, 0.29) is 34.6 Å².